The third kappa shape index (κ3) is 3.47. The van der Waals surface area contributed by atoms with Crippen molar-refractivity contribution in [3.63, 3.8) is 0 Å². The summed E-state index contributed by atoms with van der Waals surface area (Å²) in [6.45, 7) is 0.523. The van der Waals surface area contributed by atoms with Crippen molar-refractivity contribution in [3.05, 3.63) is 57.6 Å². The van der Waals surface area contributed by atoms with Crippen molar-refractivity contribution in [1.29, 1.82) is 5.26 Å². The van der Waals surface area contributed by atoms with Crippen molar-refractivity contribution in [1.82, 2.24) is 4.90 Å². The van der Waals surface area contributed by atoms with Gasteiger partial charge in [-0.05, 0) is 43.4 Å². The Morgan fingerprint density at radius 3 is 2.35 bits per heavy atom. The molecule has 1 aliphatic carbocycles. The molecular weight excluding hydrogens is 457 g/mol. The smallest absolute Gasteiger partial charge is 0.256 e. The Morgan fingerprint density at radius 2 is 1.74 bits per heavy atom. The highest BCUT2D eigenvalue weighted by Gasteiger charge is 2.52. The average Bonchev–Trinajstić information content (AvgIpc) is 2.74. The third-order valence-corrected chi connectivity index (χ3v) is 8.28. The van der Waals surface area contributed by atoms with E-state index in [-0.39, 0.29) is 26.8 Å². The summed E-state index contributed by atoms with van der Waals surface area (Å²) in [5.74, 6) is 1.83. The van der Waals surface area contributed by atoms with Crippen LogP contribution in [0.1, 0.15) is 36.8 Å². The summed E-state index contributed by atoms with van der Waals surface area (Å²) in [5, 5.41) is 9.55. The van der Waals surface area contributed by atoms with Gasteiger partial charge in [0.2, 0.25) is 0 Å². The summed E-state index contributed by atoms with van der Waals surface area (Å²) in [7, 11) is -3.41. The van der Waals surface area contributed by atoms with Crippen molar-refractivity contribution in [2.45, 2.75) is 37.1 Å². The predicted molar refractivity (Wildman–Crippen MR) is 120 cm³/mol. The first-order valence-corrected chi connectivity index (χ1v) is 12.5. The van der Waals surface area contributed by atoms with Crippen LogP contribution in [0.2, 0.25) is 10.0 Å². The van der Waals surface area contributed by atoms with Crippen molar-refractivity contribution < 1.29 is 13.2 Å². The molecule has 2 bridgehead atoms. The number of benzene rings is 2. The van der Waals surface area contributed by atoms with Crippen LogP contribution in [0.4, 0.5) is 0 Å². The Kier molecular flexibility index (Phi) is 4.93. The Labute approximate surface area is 191 Å². The zero-order valence-electron chi connectivity index (χ0n) is 16.5. The van der Waals surface area contributed by atoms with Gasteiger partial charge in [-0.1, -0.05) is 35.3 Å². The molecule has 2 saturated heterocycles. The highest BCUT2D eigenvalue weighted by Crippen LogP contribution is 2.49. The van der Waals surface area contributed by atoms with Gasteiger partial charge in [0.15, 0.2) is 0 Å². The molecule has 0 radical (unpaired) electrons. The zero-order chi connectivity index (χ0) is 21.8. The minimum absolute atomic E-state index is 0.0889. The molecule has 2 aromatic rings. The number of nitrogens with zero attached hydrogens (tertiary/aromatic N) is 3. The lowest BCUT2D eigenvalue weighted by Gasteiger charge is -2.55. The number of hydrogen-bond acceptors (Lipinski definition) is 5. The van der Waals surface area contributed by atoms with Gasteiger partial charge in [0.05, 0.1) is 26.8 Å². The molecule has 0 N–H and O–H groups in total. The fourth-order valence-corrected chi connectivity index (χ4v) is 6.62. The second-order valence-corrected chi connectivity index (χ2v) is 10.8. The first-order chi connectivity index (χ1) is 14.8. The highest BCUT2D eigenvalue weighted by atomic mass is 35.5. The van der Waals surface area contributed by atoms with E-state index in [4.69, 9.17) is 33.2 Å². The minimum atomic E-state index is -3.41. The van der Waals surface area contributed by atoms with Crippen molar-refractivity contribution >= 4 is 39.1 Å². The first-order valence-electron chi connectivity index (χ1n) is 10.1. The summed E-state index contributed by atoms with van der Waals surface area (Å²) < 4.78 is 34.6. The number of ether oxygens (including phenoxy) is 1. The minimum Gasteiger partial charge on any atom is -0.457 e. The highest BCUT2D eigenvalue weighted by molar-refractivity contribution is 7.90. The Balaban J connectivity index is 1.46. The van der Waals surface area contributed by atoms with Crippen molar-refractivity contribution in [3.8, 4) is 17.6 Å². The van der Waals surface area contributed by atoms with Gasteiger partial charge in [0.25, 0.3) is 10.0 Å². The second-order valence-electron chi connectivity index (χ2n) is 8.21. The number of fused-ring (bicyclic) bond motifs is 2. The van der Waals surface area contributed by atoms with Crippen LogP contribution in [0, 0.1) is 11.3 Å². The van der Waals surface area contributed by atoms with Crippen LogP contribution in [-0.2, 0) is 15.4 Å². The molecule has 160 valence electrons. The number of halogens is 2. The van der Waals surface area contributed by atoms with Crippen LogP contribution in [0.25, 0.3) is 0 Å². The molecule has 6 rings (SSSR count). The van der Waals surface area contributed by atoms with E-state index >= 15 is 0 Å². The molecule has 2 aromatic carbocycles. The molecule has 3 heterocycles. The molecular formula is C22H19Cl2N3O3S. The summed E-state index contributed by atoms with van der Waals surface area (Å²) in [5.41, 5.74) is 0.891. The number of rotatable bonds is 3. The van der Waals surface area contributed by atoms with Crippen molar-refractivity contribution in [2.75, 3.05) is 12.3 Å². The largest absolute Gasteiger partial charge is 0.457 e. The molecule has 9 heteroatoms. The lowest BCUT2D eigenvalue weighted by Crippen LogP contribution is -2.62. The lowest BCUT2D eigenvalue weighted by atomic mass is 9.63. The van der Waals surface area contributed by atoms with E-state index in [2.05, 4.69) is 9.30 Å². The van der Waals surface area contributed by atoms with Gasteiger partial charge in [-0.25, -0.2) is 8.42 Å². The maximum Gasteiger partial charge on any atom is 0.256 e. The molecule has 1 saturated carbocycles. The molecule has 0 aromatic heterocycles. The number of nitriles is 1. The third-order valence-electron chi connectivity index (χ3n) is 6.54. The van der Waals surface area contributed by atoms with Gasteiger partial charge in [-0.3, -0.25) is 0 Å². The monoisotopic (exact) mass is 475 g/mol. The van der Waals surface area contributed by atoms with Crippen molar-refractivity contribution in [2.24, 2.45) is 4.40 Å². The molecule has 31 heavy (non-hydrogen) atoms. The van der Waals surface area contributed by atoms with E-state index in [9.17, 15) is 8.42 Å². The SMILES string of the molecule is N#Cc1c(Cl)cc(Oc2ccc(C34CCC(CC3)N3CCS(=O)(=O)N=C34)cc2)cc1Cl. The van der Waals surface area contributed by atoms with E-state index in [1.807, 2.05) is 30.3 Å². The van der Waals surface area contributed by atoms with E-state index in [0.29, 0.717) is 29.9 Å². The van der Waals surface area contributed by atoms with E-state index in [1.54, 1.807) is 12.1 Å². The molecule has 0 spiro atoms. The summed E-state index contributed by atoms with van der Waals surface area (Å²) in [6.07, 6.45) is 3.87. The molecule has 6 nitrogen and oxygen atoms in total. The maximum absolute atomic E-state index is 12.2. The fraction of sp³-hybridized carbons (Fsp3) is 0.364. The standard InChI is InChI=1S/C22H19Cl2N3O3S/c23-19-11-17(12-20(24)18(19)13-25)30-16-3-1-14(2-4-16)22-7-5-15(6-8-22)27-9-10-31(28,29)26-21(22)27/h1-4,11-12,15H,5-10H2. The second kappa shape index (κ2) is 7.40. The quantitative estimate of drug-likeness (QED) is 0.630. The van der Waals surface area contributed by atoms with Gasteiger partial charge < -0.3 is 9.64 Å². The number of hydrogen-bond donors (Lipinski definition) is 0. The Hall–Kier alpha value is -2.27. The fourth-order valence-electron chi connectivity index (χ4n) is 5.01. The van der Waals surface area contributed by atoms with Crippen LogP contribution >= 0.6 is 23.2 Å². The van der Waals surface area contributed by atoms with Crippen LogP contribution in [0.15, 0.2) is 40.8 Å². The van der Waals surface area contributed by atoms with Gasteiger partial charge in [-0.2, -0.15) is 5.26 Å². The van der Waals surface area contributed by atoms with E-state index in [1.165, 1.54) is 0 Å². The molecule has 3 aliphatic heterocycles. The van der Waals surface area contributed by atoms with Crippen LogP contribution in [0.3, 0.4) is 0 Å². The van der Waals surface area contributed by atoms with Crippen LogP contribution in [0.5, 0.6) is 11.5 Å². The zero-order valence-corrected chi connectivity index (χ0v) is 18.8. The molecule has 0 amide bonds. The normalized spacial score (nSPS) is 26.0. The first kappa shape index (κ1) is 20.6. The van der Waals surface area contributed by atoms with Crippen LogP contribution in [-0.4, -0.2) is 37.5 Å². The van der Waals surface area contributed by atoms with Crippen LogP contribution < -0.4 is 4.74 Å². The predicted octanol–water partition coefficient (Wildman–Crippen LogP) is 4.90. The van der Waals surface area contributed by atoms with E-state index < -0.39 is 10.0 Å². The number of sulfonamides is 1. The average molecular weight is 476 g/mol. The maximum atomic E-state index is 12.2. The Morgan fingerprint density at radius 1 is 1.10 bits per heavy atom. The summed E-state index contributed by atoms with van der Waals surface area (Å²) in [4.78, 5) is 2.21. The number of amidine groups is 1. The summed E-state index contributed by atoms with van der Waals surface area (Å²) >= 11 is 12.2. The molecule has 0 unspecified atom stereocenters. The van der Waals surface area contributed by atoms with Gasteiger partial charge in [0, 0.05) is 24.7 Å². The molecule has 3 fully saturated rings. The van der Waals surface area contributed by atoms with E-state index in [0.717, 1.165) is 31.2 Å². The topological polar surface area (TPSA) is 82.8 Å². The number of piperidine rings is 2. The van der Waals surface area contributed by atoms with Gasteiger partial charge in [-0.15, -0.1) is 4.40 Å². The lowest BCUT2D eigenvalue weighted by molar-refractivity contribution is 0.151. The summed E-state index contributed by atoms with van der Waals surface area (Å²) in [6, 6.07) is 13.1. The Bertz CT molecular complexity index is 1200. The van der Waals surface area contributed by atoms with Gasteiger partial charge >= 0.3 is 0 Å². The molecule has 4 aliphatic rings. The van der Waals surface area contributed by atoms with Gasteiger partial charge in [0.1, 0.15) is 23.4 Å². The molecule has 0 atom stereocenters.